The topological polar surface area (TPSA) is 104 Å². The fraction of sp³-hybridized carbons (Fsp3) is 0.500. The predicted octanol–water partition coefficient (Wildman–Crippen LogP) is 8.77. The van der Waals surface area contributed by atoms with E-state index in [0.717, 1.165) is 59.3 Å². The molecule has 4 rings (SSSR count). The third-order valence-electron chi connectivity index (χ3n) is 10.4. The van der Waals surface area contributed by atoms with Crippen LogP contribution in [-0.4, -0.2) is 68.2 Å². The number of esters is 1. The highest BCUT2D eigenvalue weighted by atomic mass is 16.7. The van der Waals surface area contributed by atoms with Crippen LogP contribution in [0.2, 0.25) is 0 Å². The van der Waals surface area contributed by atoms with Crippen molar-refractivity contribution in [3.8, 4) is 22.6 Å². The molecule has 0 aromatic heterocycles. The Labute approximate surface area is 323 Å². The van der Waals surface area contributed by atoms with Crippen LogP contribution in [0, 0.1) is 5.41 Å². The fourth-order valence-electron chi connectivity index (χ4n) is 6.37. The number of carbonyl (C=O) groups excluding carboxylic acids is 1. The number of unbranched alkanes of at least 4 members (excludes halogenated alkanes) is 2. The zero-order valence-electron chi connectivity index (χ0n) is 33.0. The summed E-state index contributed by atoms with van der Waals surface area (Å²) in [5.74, 6) is 0.983. The van der Waals surface area contributed by atoms with Crippen LogP contribution >= 0.6 is 0 Å². The van der Waals surface area contributed by atoms with Gasteiger partial charge in [0.05, 0.1) is 32.5 Å². The van der Waals surface area contributed by atoms with Crippen molar-refractivity contribution in [2.75, 3.05) is 39.6 Å². The van der Waals surface area contributed by atoms with E-state index in [2.05, 4.69) is 68.6 Å². The van der Waals surface area contributed by atoms with Gasteiger partial charge in [-0.1, -0.05) is 87.9 Å². The third kappa shape index (κ3) is 12.8. The average molecular weight is 743 g/mol. The average Bonchev–Trinajstić information content (AvgIpc) is 3.16. The van der Waals surface area contributed by atoms with Gasteiger partial charge in [0.1, 0.15) is 24.7 Å². The Morgan fingerprint density at radius 2 is 1.46 bits per heavy atom. The molecule has 0 saturated carbocycles. The molecular formula is C46H62O8. The number of ether oxygens (including phenoxy) is 5. The van der Waals surface area contributed by atoms with Crippen molar-refractivity contribution in [3.05, 3.63) is 107 Å². The predicted molar refractivity (Wildman–Crippen MR) is 215 cm³/mol. The summed E-state index contributed by atoms with van der Waals surface area (Å²) < 4.78 is 29.8. The Kier molecular flexibility index (Phi) is 17.3. The molecule has 1 heterocycles. The van der Waals surface area contributed by atoms with E-state index in [1.807, 2.05) is 26.0 Å². The van der Waals surface area contributed by atoms with Gasteiger partial charge in [-0.25, -0.2) is 4.79 Å². The van der Waals surface area contributed by atoms with Crippen LogP contribution in [0.15, 0.2) is 85.0 Å². The van der Waals surface area contributed by atoms with Crippen LogP contribution in [0.3, 0.4) is 0 Å². The van der Waals surface area contributed by atoms with Crippen molar-refractivity contribution in [1.29, 1.82) is 0 Å². The summed E-state index contributed by atoms with van der Waals surface area (Å²) in [7, 11) is 0. The molecule has 1 saturated heterocycles. The van der Waals surface area contributed by atoms with Crippen molar-refractivity contribution < 1.29 is 38.7 Å². The Hall–Kier alpha value is -3.95. The summed E-state index contributed by atoms with van der Waals surface area (Å²) in [6.45, 7) is 16.3. The maximum Gasteiger partial charge on any atom is 0.333 e. The van der Waals surface area contributed by atoms with Crippen LogP contribution < -0.4 is 9.47 Å². The van der Waals surface area contributed by atoms with Crippen LogP contribution in [0.1, 0.15) is 88.5 Å². The maximum atomic E-state index is 12.0. The second kappa shape index (κ2) is 21.8. The molecule has 2 unspecified atom stereocenters. The molecule has 1 fully saturated rings. The van der Waals surface area contributed by atoms with Crippen molar-refractivity contribution in [2.45, 2.75) is 104 Å². The molecule has 8 nitrogen and oxygen atoms in total. The van der Waals surface area contributed by atoms with E-state index in [-0.39, 0.29) is 38.8 Å². The largest absolute Gasteiger partial charge is 0.493 e. The normalized spacial score (nSPS) is 15.4. The van der Waals surface area contributed by atoms with Gasteiger partial charge in [0, 0.05) is 23.0 Å². The Morgan fingerprint density at radius 1 is 0.796 bits per heavy atom. The van der Waals surface area contributed by atoms with E-state index in [9.17, 15) is 15.0 Å². The van der Waals surface area contributed by atoms with Gasteiger partial charge in [0.15, 0.2) is 6.29 Å². The number of benzene rings is 3. The van der Waals surface area contributed by atoms with E-state index in [4.69, 9.17) is 23.7 Å². The number of aliphatic hydroxyl groups excluding tert-OH is 2. The molecular weight excluding hydrogens is 680 g/mol. The molecule has 3 aromatic carbocycles. The number of rotatable bonds is 25. The lowest BCUT2D eigenvalue weighted by atomic mass is 9.84. The minimum Gasteiger partial charge on any atom is -0.493 e. The lowest BCUT2D eigenvalue weighted by molar-refractivity contribution is -0.244. The lowest BCUT2D eigenvalue weighted by Gasteiger charge is -2.36. The van der Waals surface area contributed by atoms with Crippen molar-refractivity contribution in [3.63, 3.8) is 0 Å². The highest BCUT2D eigenvalue weighted by Crippen LogP contribution is 2.36. The molecule has 0 bridgehead atoms. The molecule has 0 aliphatic carbocycles. The summed E-state index contributed by atoms with van der Waals surface area (Å²) in [5.41, 5.74) is 7.41. The monoisotopic (exact) mass is 742 g/mol. The quantitative estimate of drug-likeness (QED) is 0.0385. The first-order valence-electron chi connectivity index (χ1n) is 19.7. The van der Waals surface area contributed by atoms with Crippen molar-refractivity contribution >= 4 is 5.97 Å². The second-order valence-corrected chi connectivity index (χ2v) is 14.7. The SMILES string of the molecule is C=C(C)C(=O)OCCOc1cc(CCc2ccc(CCCCC)cc2)ccc1-c1ccc(OCCC(CC)(CO)CO)c(CCOC2CC(C(=C)C)O2)c1. The first-order chi connectivity index (χ1) is 26.1. The van der Waals surface area contributed by atoms with Gasteiger partial charge in [-0.3, -0.25) is 0 Å². The van der Waals surface area contributed by atoms with Crippen LogP contribution in [0.25, 0.3) is 11.1 Å². The van der Waals surface area contributed by atoms with Gasteiger partial charge in [-0.05, 0) is 105 Å². The minimum absolute atomic E-state index is 0.0423. The standard InChI is InChI=1S/C46H62O8/c1-7-9-10-11-35-12-14-36(15-13-35)16-17-37-18-20-40(43(28-37)51-26-27-53-45(49)34(5)6)38-19-21-41(50-25-23-46(8-2,31-47)32-48)39(29-38)22-24-52-44-30-42(54-44)33(3)4/h12-15,18-21,28-29,42,44,47-48H,3,5,7-11,16-17,22-27,30-32H2,1-2,4,6H3. The Balaban J connectivity index is 1.54. The zero-order valence-corrected chi connectivity index (χ0v) is 33.0. The molecule has 0 amide bonds. The number of hydrogen-bond donors (Lipinski definition) is 2. The molecule has 1 aliphatic heterocycles. The molecule has 294 valence electrons. The maximum absolute atomic E-state index is 12.0. The molecule has 2 N–H and O–H groups in total. The van der Waals surface area contributed by atoms with Gasteiger partial charge in [-0.2, -0.15) is 0 Å². The van der Waals surface area contributed by atoms with Gasteiger partial charge < -0.3 is 33.9 Å². The van der Waals surface area contributed by atoms with Crippen molar-refractivity contribution in [2.24, 2.45) is 5.41 Å². The number of hydrogen-bond acceptors (Lipinski definition) is 8. The molecule has 0 spiro atoms. The highest BCUT2D eigenvalue weighted by molar-refractivity contribution is 5.86. The lowest BCUT2D eigenvalue weighted by Crippen LogP contribution is -2.40. The van der Waals surface area contributed by atoms with E-state index >= 15 is 0 Å². The molecule has 54 heavy (non-hydrogen) atoms. The fourth-order valence-corrected chi connectivity index (χ4v) is 6.37. The van der Waals surface area contributed by atoms with Gasteiger partial charge in [0.25, 0.3) is 0 Å². The zero-order chi connectivity index (χ0) is 38.9. The number of aryl methyl sites for hydroxylation is 3. The molecule has 0 radical (unpaired) electrons. The summed E-state index contributed by atoms with van der Waals surface area (Å²) in [6.07, 6.45) is 8.91. The van der Waals surface area contributed by atoms with Crippen LogP contribution in [-0.2, 0) is 44.7 Å². The summed E-state index contributed by atoms with van der Waals surface area (Å²) in [6, 6.07) is 21.4. The summed E-state index contributed by atoms with van der Waals surface area (Å²) >= 11 is 0. The van der Waals surface area contributed by atoms with Crippen LogP contribution in [0.5, 0.6) is 11.5 Å². The van der Waals surface area contributed by atoms with E-state index < -0.39 is 11.4 Å². The molecule has 3 aromatic rings. The smallest absolute Gasteiger partial charge is 0.333 e. The van der Waals surface area contributed by atoms with E-state index in [1.54, 1.807) is 6.92 Å². The van der Waals surface area contributed by atoms with Gasteiger partial charge in [-0.15, -0.1) is 0 Å². The van der Waals surface area contributed by atoms with Crippen LogP contribution in [0.4, 0.5) is 0 Å². The van der Waals surface area contributed by atoms with Gasteiger partial charge in [0.2, 0.25) is 0 Å². The Bertz CT molecular complexity index is 1630. The first kappa shape index (κ1) is 42.8. The number of aliphatic hydroxyl groups is 2. The summed E-state index contributed by atoms with van der Waals surface area (Å²) in [5, 5.41) is 19.9. The Morgan fingerprint density at radius 3 is 2.11 bits per heavy atom. The molecule has 8 heteroatoms. The van der Waals surface area contributed by atoms with Crippen molar-refractivity contribution in [1.82, 2.24) is 0 Å². The van der Waals surface area contributed by atoms with E-state index in [0.29, 0.717) is 43.8 Å². The highest BCUT2D eigenvalue weighted by Gasteiger charge is 2.31. The molecule has 1 aliphatic rings. The summed E-state index contributed by atoms with van der Waals surface area (Å²) in [4.78, 5) is 12.0. The van der Waals surface area contributed by atoms with E-state index in [1.165, 1.54) is 30.4 Å². The molecule has 2 atom stereocenters. The second-order valence-electron chi connectivity index (χ2n) is 14.7. The third-order valence-corrected chi connectivity index (χ3v) is 10.4. The minimum atomic E-state index is -0.588. The van der Waals surface area contributed by atoms with Gasteiger partial charge >= 0.3 is 5.97 Å². The first-order valence-corrected chi connectivity index (χ1v) is 19.7. The number of carbonyl (C=O) groups is 1.